The predicted molar refractivity (Wildman–Crippen MR) is 70.4 cm³/mol. The van der Waals surface area contributed by atoms with Gasteiger partial charge in [0.05, 0.1) is 13.7 Å². The summed E-state index contributed by atoms with van der Waals surface area (Å²) in [5.41, 5.74) is 0. The highest BCUT2D eigenvalue weighted by Crippen LogP contribution is 2.22. The van der Waals surface area contributed by atoms with E-state index < -0.39 is 12.1 Å². The summed E-state index contributed by atoms with van der Waals surface area (Å²) in [6.45, 7) is 3.98. The Morgan fingerprint density at radius 2 is 2.26 bits per heavy atom. The molecule has 19 heavy (non-hydrogen) atoms. The van der Waals surface area contributed by atoms with Crippen molar-refractivity contribution in [3.8, 4) is 0 Å². The Bertz CT molecular complexity index is 303. The van der Waals surface area contributed by atoms with Crippen molar-refractivity contribution in [2.45, 2.75) is 32.3 Å². The largest absolute Gasteiger partial charge is 0.467 e. The van der Waals surface area contributed by atoms with Gasteiger partial charge in [-0.2, -0.15) is 0 Å². The molecule has 6 heteroatoms. The number of amides is 1. The van der Waals surface area contributed by atoms with Crippen molar-refractivity contribution in [1.82, 2.24) is 10.6 Å². The fourth-order valence-electron chi connectivity index (χ4n) is 2.33. The minimum atomic E-state index is -1.29. The minimum Gasteiger partial charge on any atom is -0.467 e. The third kappa shape index (κ3) is 5.57. The second kappa shape index (κ2) is 8.12. The van der Waals surface area contributed by atoms with Crippen LogP contribution in [0, 0.1) is 11.8 Å². The highest BCUT2D eigenvalue weighted by Gasteiger charge is 2.23. The Kier molecular flexibility index (Phi) is 6.80. The molecule has 0 aromatic carbocycles. The molecule has 1 aliphatic rings. The van der Waals surface area contributed by atoms with E-state index in [4.69, 9.17) is 0 Å². The molecule has 110 valence electrons. The molecular weight excluding hydrogens is 248 g/mol. The van der Waals surface area contributed by atoms with Crippen molar-refractivity contribution >= 4 is 11.9 Å². The number of methoxy groups -OCH3 is 1. The normalized spacial score (nSPS) is 22.4. The van der Waals surface area contributed by atoms with Crippen molar-refractivity contribution in [1.29, 1.82) is 0 Å². The molecule has 1 saturated heterocycles. The third-order valence-electron chi connectivity index (χ3n) is 3.61. The van der Waals surface area contributed by atoms with Gasteiger partial charge in [0.15, 0.2) is 6.10 Å². The van der Waals surface area contributed by atoms with Crippen LogP contribution >= 0.6 is 0 Å². The molecular formula is C13H24N2O4. The molecule has 3 atom stereocenters. The highest BCUT2D eigenvalue weighted by molar-refractivity contribution is 5.78. The maximum Gasteiger partial charge on any atom is 0.336 e. The van der Waals surface area contributed by atoms with Crippen LogP contribution in [0.2, 0.25) is 0 Å². The molecule has 3 unspecified atom stereocenters. The fraction of sp³-hybridized carbons (Fsp3) is 0.846. The topological polar surface area (TPSA) is 87.7 Å². The summed E-state index contributed by atoms with van der Waals surface area (Å²) >= 11 is 0. The molecule has 1 fully saturated rings. The Balaban J connectivity index is 2.24. The van der Waals surface area contributed by atoms with Crippen LogP contribution in [0.5, 0.6) is 0 Å². The molecule has 1 aliphatic heterocycles. The number of aliphatic hydroxyl groups excluding tert-OH is 1. The molecule has 0 radical (unpaired) electrons. The van der Waals surface area contributed by atoms with E-state index >= 15 is 0 Å². The van der Waals surface area contributed by atoms with Crippen LogP contribution in [0.15, 0.2) is 0 Å². The number of esters is 1. The lowest BCUT2D eigenvalue weighted by Crippen LogP contribution is -2.39. The third-order valence-corrected chi connectivity index (χ3v) is 3.61. The lowest BCUT2D eigenvalue weighted by Gasteiger charge is -2.28. The van der Waals surface area contributed by atoms with E-state index in [-0.39, 0.29) is 12.5 Å². The van der Waals surface area contributed by atoms with Gasteiger partial charge in [0.25, 0.3) is 0 Å². The van der Waals surface area contributed by atoms with E-state index in [0.717, 1.165) is 25.9 Å². The van der Waals surface area contributed by atoms with E-state index in [1.807, 2.05) is 0 Å². The number of hydrogen-bond donors (Lipinski definition) is 3. The smallest absolute Gasteiger partial charge is 0.336 e. The average Bonchev–Trinajstić information content (AvgIpc) is 2.44. The summed E-state index contributed by atoms with van der Waals surface area (Å²) < 4.78 is 4.37. The molecule has 0 saturated carbocycles. The molecule has 0 aromatic heterocycles. The van der Waals surface area contributed by atoms with Gasteiger partial charge in [0, 0.05) is 6.42 Å². The monoisotopic (exact) mass is 272 g/mol. The summed E-state index contributed by atoms with van der Waals surface area (Å²) in [4.78, 5) is 22.7. The van der Waals surface area contributed by atoms with Crippen LogP contribution < -0.4 is 10.6 Å². The summed E-state index contributed by atoms with van der Waals surface area (Å²) in [5, 5.41) is 15.2. The van der Waals surface area contributed by atoms with Gasteiger partial charge in [0.1, 0.15) is 0 Å². The van der Waals surface area contributed by atoms with Gasteiger partial charge < -0.3 is 20.5 Å². The Labute approximate surface area is 113 Å². The highest BCUT2D eigenvalue weighted by atomic mass is 16.5. The number of ether oxygens (including phenoxy) is 1. The van der Waals surface area contributed by atoms with Gasteiger partial charge >= 0.3 is 5.97 Å². The number of hydrogen-bond acceptors (Lipinski definition) is 5. The molecule has 0 aromatic rings. The predicted octanol–water partition coefficient (Wildman–Crippen LogP) is -0.338. The maximum atomic E-state index is 11.7. The lowest BCUT2D eigenvalue weighted by atomic mass is 9.85. The van der Waals surface area contributed by atoms with E-state index in [1.165, 1.54) is 7.11 Å². The van der Waals surface area contributed by atoms with E-state index in [2.05, 4.69) is 22.3 Å². The van der Waals surface area contributed by atoms with Gasteiger partial charge in [-0.3, -0.25) is 4.79 Å². The van der Waals surface area contributed by atoms with Gasteiger partial charge in [-0.15, -0.1) is 0 Å². The molecule has 0 aliphatic carbocycles. The van der Waals surface area contributed by atoms with Crippen molar-refractivity contribution in [2.24, 2.45) is 11.8 Å². The molecule has 0 bridgehead atoms. The molecule has 1 heterocycles. The second-order valence-electron chi connectivity index (χ2n) is 5.13. The van der Waals surface area contributed by atoms with Crippen molar-refractivity contribution in [2.75, 3.05) is 26.7 Å². The van der Waals surface area contributed by atoms with Crippen molar-refractivity contribution in [3.05, 3.63) is 0 Å². The summed E-state index contributed by atoms with van der Waals surface area (Å²) in [5.74, 6) is -0.0565. The zero-order valence-corrected chi connectivity index (χ0v) is 11.6. The zero-order valence-electron chi connectivity index (χ0n) is 11.6. The first-order valence-electron chi connectivity index (χ1n) is 6.78. The zero-order chi connectivity index (χ0) is 14.3. The van der Waals surface area contributed by atoms with Crippen LogP contribution in [-0.4, -0.2) is 49.8 Å². The first-order valence-corrected chi connectivity index (χ1v) is 6.78. The first-order chi connectivity index (χ1) is 9.04. The molecule has 1 amide bonds. The van der Waals surface area contributed by atoms with Crippen LogP contribution in [0.1, 0.15) is 26.2 Å². The molecule has 0 spiro atoms. The maximum absolute atomic E-state index is 11.7. The van der Waals surface area contributed by atoms with Gasteiger partial charge in [-0.05, 0) is 37.8 Å². The van der Waals surface area contributed by atoms with Crippen molar-refractivity contribution in [3.63, 3.8) is 0 Å². The van der Waals surface area contributed by atoms with E-state index in [1.54, 1.807) is 0 Å². The number of carbonyl (C=O) groups excluding carboxylic acids is 2. The molecule has 6 nitrogen and oxygen atoms in total. The Morgan fingerprint density at radius 1 is 1.53 bits per heavy atom. The number of carbonyl (C=O) groups is 2. The van der Waals surface area contributed by atoms with E-state index in [9.17, 15) is 14.7 Å². The van der Waals surface area contributed by atoms with Crippen LogP contribution in [0.4, 0.5) is 0 Å². The second-order valence-corrected chi connectivity index (χ2v) is 5.13. The summed E-state index contributed by atoms with van der Waals surface area (Å²) in [7, 11) is 1.20. The number of nitrogens with one attached hydrogen (secondary N) is 2. The number of rotatable bonds is 6. The Hall–Kier alpha value is -1.14. The minimum absolute atomic E-state index is 0.0961. The number of aliphatic hydroxyl groups is 1. The standard InChI is InChI=1S/C13H24N2O4/c1-9(10-4-3-5-14-7-10)6-12(17)15-8-11(16)13(18)19-2/h9-11,14,16H,3-8H2,1-2H3,(H,15,17). The van der Waals surface area contributed by atoms with Crippen LogP contribution in [0.25, 0.3) is 0 Å². The fourth-order valence-corrected chi connectivity index (χ4v) is 2.33. The molecule has 1 rings (SSSR count). The average molecular weight is 272 g/mol. The summed E-state index contributed by atoms with van der Waals surface area (Å²) in [6, 6.07) is 0. The SMILES string of the molecule is COC(=O)C(O)CNC(=O)CC(C)C1CCCNC1. The number of piperidine rings is 1. The van der Waals surface area contributed by atoms with Gasteiger partial charge in [0.2, 0.25) is 5.91 Å². The lowest BCUT2D eigenvalue weighted by molar-refractivity contribution is -0.150. The van der Waals surface area contributed by atoms with Gasteiger partial charge in [-0.25, -0.2) is 4.79 Å². The summed E-state index contributed by atoms with van der Waals surface area (Å²) in [6.07, 6.45) is 1.42. The quantitative estimate of drug-likeness (QED) is 0.576. The first kappa shape index (κ1) is 15.9. The Morgan fingerprint density at radius 3 is 2.84 bits per heavy atom. The van der Waals surface area contributed by atoms with Crippen LogP contribution in [0.3, 0.4) is 0 Å². The van der Waals surface area contributed by atoms with E-state index in [0.29, 0.717) is 18.3 Å². The van der Waals surface area contributed by atoms with Crippen LogP contribution in [-0.2, 0) is 14.3 Å². The van der Waals surface area contributed by atoms with Crippen molar-refractivity contribution < 1.29 is 19.4 Å². The molecule has 3 N–H and O–H groups in total. The van der Waals surface area contributed by atoms with Gasteiger partial charge in [-0.1, -0.05) is 6.92 Å².